The first-order valence-electron chi connectivity index (χ1n) is 7.10. The van der Waals surface area contributed by atoms with Gasteiger partial charge >= 0.3 is 0 Å². The molecule has 0 bridgehead atoms. The van der Waals surface area contributed by atoms with Gasteiger partial charge in [0.05, 0.1) is 5.41 Å². The Morgan fingerprint density at radius 1 is 1.30 bits per heavy atom. The van der Waals surface area contributed by atoms with E-state index in [-0.39, 0.29) is 11.2 Å². The van der Waals surface area contributed by atoms with Crippen LogP contribution >= 0.6 is 0 Å². The van der Waals surface area contributed by atoms with Crippen molar-refractivity contribution in [1.82, 2.24) is 9.78 Å². The summed E-state index contributed by atoms with van der Waals surface area (Å²) in [7, 11) is 0. The van der Waals surface area contributed by atoms with Crippen LogP contribution in [0.4, 0.5) is 5.69 Å². The largest absolute Gasteiger partial charge is 0.399 e. The second kappa shape index (κ2) is 4.78. The number of anilines is 1. The molecule has 20 heavy (non-hydrogen) atoms. The highest BCUT2D eigenvalue weighted by Gasteiger charge is 2.52. The maximum Gasteiger partial charge on any atom is 0.191 e. The molecule has 4 nitrogen and oxygen atoms in total. The van der Waals surface area contributed by atoms with Crippen molar-refractivity contribution in [2.45, 2.75) is 38.1 Å². The van der Waals surface area contributed by atoms with E-state index in [1.807, 2.05) is 35.0 Å². The molecule has 1 heterocycles. The predicted octanol–water partition coefficient (Wildman–Crippen LogP) is 2.79. The smallest absolute Gasteiger partial charge is 0.191 e. The Kier molecular flexibility index (Phi) is 3.08. The normalized spacial score (nSPS) is 16.1. The van der Waals surface area contributed by atoms with Gasteiger partial charge in [0.1, 0.15) is 5.69 Å². The number of ketones is 1. The van der Waals surface area contributed by atoms with Crippen LogP contribution in [0.5, 0.6) is 0 Å². The number of benzene rings is 1. The molecule has 3 rings (SSSR count). The SMILES string of the molecule is CCCn1nccc1C(=O)C1(c2ccc(N)cc2)CC1. The molecule has 0 atom stereocenters. The van der Waals surface area contributed by atoms with Crippen molar-refractivity contribution < 1.29 is 4.79 Å². The molecule has 1 aromatic carbocycles. The fourth-order valence-electron chi connectivity index (χ4n) is 2.73. The third-order valence-electron chi connectivity index (χ3n) is 4.03. The first-order chi connectivity index (χ1) is 9.67. The lowest BCUT2D eigenvalue weighted by atomic mass is 9.89. The van der Waals surface area contributed by atoms with Gasteiger partial charge in [-0.1, -0.05) is 19.1 Å². The summed E-state index contributed by atoms with van der Waals surface area (Å²) in [5.41, 5.74) is 7.90. The topological polar surface area (TPSA) is 60.9 Å². The van der Waals surface area contributed by atoms with E-state index < -0.39 is 0 Å². The molecule has 4 heteroatoms. The van der Waals surface area contributed by atoms with Crippen LogP contribution < -0.4 is 5.73 Å². The van der Waals surface area contributed by atoms with Crippen molar-refractivity contribution in [3.63, 3.8) is 0 Å². The minimum absolute atomic E-state index is 0.188. The van der Waals surface area contributed by atoms with Crippen LogP contribution in [0, 0.1) is 0 Å². The second-order valence-corrected chi connectivity index (χ2v) is 5.47. The number of rotatable bonds is 5. The molecule has 0 radical (unpaired) electrons. The standard InChI is InChI=1S/C16H19N3O/c1-2-11-19-14(7-10-18-19)15(20)16(8-9-16)12-3-5-13(17)6-4-12/h3-7,10H,2,8-9,11,17H2,1H3. The van der Waals surface area contributed by atoms with Gasteiger partial charge in [-0.15, -0.1) is 0 Å². The Balaban J connectivity index is 1.93. The Hall–Kier alpha value is -2.10. The Bertz CT molecular complexity index is 623. The van der Waals surface area contributed by atoms with Crippen molar-refractivity contribution in [2.75, 3.05) is 5.73 Å². The molecule has 2 aromatic rings. The first-order valence-corrected chi connectivity index (χ1v) is 7.10. The molecule has 0 saturated heterocycles. The molecular formula is C16H19N3O. The van der Waals surface area contributed by atoms with E-state index in [4.69, 9.17) is 5.73 Å². The predicted molar refractivity (Wildman–Crippen MR) is 78.6 cm³/mol. The molecule has 104 valence electrons. The molecular weight excluding hydrogens is 250 g/mol. The molecule has 0 aliphatic heterocycles. The molecule has 0 amide bonds. The van der Waals surface area contributed by atoms with Gasteiger partial charge in [0.2, 0.25) is 0 Å². The quantitative estimate of drug-likeness (QED) is 0.670. The maximum atomic E-state index is 12.9. The van der Waals surface area contributed by atoms with Crippen molar-refractivity contribution in [2.24, 2.45) is 0 Å². The number of Topliss-reactive ketones (excluding diaryl/α,β-unsaturated/α-hetero) is 1. The summed E-state index contributed by atoms with van der Waals surface area (Å²) < 4.78 is 1.82. The third-order valence-corrected chi connectivity index (χ3v) is 4.03. The van der Waals surface area contributed by atoms with E-state index in [0.717, 1.165) is 42.8 Å². The number of carbonyl (C=O) groups excluding carboxylic acids is 1. The Morgan fingerprint density at radius 2 is 2.00 bits per heavy atom. The summed E-state index contributed by atoms with van der Waals surface area (Å²) in [6.07, 6.45) is 4.50. The molecule has 0 spiro atoms. The van der Waals surface area contributed by atoms with Crippen LogP contribution in [-0.2, 0) is 12.0 Å². The summed E-state index contributed by atoms with van der Waals surface area (Å²) in [5.74, 6) is 0.188. The highest BCUT2D eigenvalue weighted by molar-refractivity contribution is 6.05. The third kappa shape index (κ3) is 2.01. The van der Waals surface area contributed by atoms with Crippen LogP contribution in [0.15, 0.2) is 36.5 Å². The molecule has 1 aliphatic rings. The molecule has 2 N–H and O–H groups in total. The molecule has 1 aromatic heterocycles. The number of nitrogens with two attached hydrogens (primary N) is 1. The highest BCUT2D eigenvalue weighted by atomic mass is 16.1. The summed E-state index contributed by atoms with van der Waals surface area (Å²) in [6, 6.07) is 9.51. The average Bonchev–Trinajstić information content (AvgIpc) is 3.13. The summed E-state index contributed by atoms with van der Waals surface area (Å²) >= 11 is 0. The van der Waals surface area contributed by atoms with Crippen LogP contribution in [0.3, 0.4) is 0 Å². The van der Waals surface area contributed by atoms with Crippen molar-refractivity contribution in [1.29, 1.82) is 0 Å². The van der Waals surface area contributed by atoms with Crippen molar-refractivity contribution in [3.05, 3.63) is 47.8 Å². The van der Waals surface area contributed by atoms with Gasteiger partial charge in [0, 0.05) is 18.4 Å². The van der Waals surface area contributed by atoms with Gasteiger partial charge in [0.15, 0.2) is 5.78 Å². The van der Waals surface area contributed by atoms with Gasteiger partial charge in [-0.25, -0.2) is 0 Å². The van der Waals surface area contributed by atoms with E-state index in [0.29, 0.717) is 0 Å². The van der Waals surface area contributed by atoms with Gasteiger partial charge in [-0.3, -0.25) is 9.48 Å². The number of aromatic nitrogens is 2. The number of hydrogen-bond donors (Lipinski definition) is 1. The van der Waals surface area contributed by atoms with Gasteiger partial charge in [-0.05, 0) is 43.0 Å². The van der Waals surface area contributed by atoms with E-state index in [9.17, 15) is 4.79 Å². The average molecular weight is 269 g/mol. The van der Waals surface area contributed by atoms with Crippen LogP contribution in [0.2, 0.25) is 0 Å². The lowest BCUT2D eigenvalue weighted by Gasteiger charge is -2.15. The van der Waals surface area contributed by atoms with Gasteiger partial charge < -0.3 is 5.73 Å². The number of nitrogens with zero attached hydrogens (tertiary/aromatic N) is 2. The Morgan fingerprint density at radius 3 is 2.60 bits per heavy atom. The summed E-state index contributed by atoms with van der Waals surface area (Å²) in [4.78, 5) is 12.9. The Labute approximate surface area is 118 Å². The molecule has 0 unspecified atom stereocenters. The van der Waals surface area contributed by atoms with E-state index in [1.54, 1.807) is 6.20 Å². The summed E-state index contributed by atoms with van der Waals surface area (Å²) in [6.45, 7) is 2.87. The maximum absolute atomic E-state index is 12.9. The van der Waals surface area contributed by atoms with E-state index in [1.165, 1.54) is 0 Å². The number of nitrogen functional groups attached to an aromatic ring is 1. The zero-order valence-electron chi connectivity index (χ0n) is 11.7. The lowest BCUT2D eigenvalue weighted by Crippen LogP contribution is -2.24. The van der Waals surface area contributed by atoms with E-state index >= 15 is 0 Å². The fourth-order valence-corrected chi connectivity index (χ4v) is 2.73. The number of aryl methyl sites for hydroxylation is 1. The highest BCUT2D eigenvalue weighted by Crippen LogP contribution is 2.50. The lowest BCUT2D eigenvalue weighted by molar-refractivity contribution is 0.0935. The van der Waals surface area contributed by atoms with Crippen molar-refractivity contribution >= 4 is 11.5 Å². The monoisotopic (exact) mass is 269 g/mol. The molecule has 1 fully saturated rings. The number of carbonyl (C=O) groups is 1. The van der Waals surface area contributed by atoms with Crippen LogP contribution in [0.1, 0.15) is 42.2 Å². The minimum Gasteiger partial charge on any atom is -0.399 e. The summed E-state index contributed by atoms with van der Waals surface area (Å²) in [5, 5.41) is 4.25. The zero-order chi connectivity index (χ0) is 14.2. The van der Waals surface area contributed by atoms with Crippen LogP contribution in [-0.4, -0.2) is 15.6 Å². The van der Waals surface area contributed by atoms with Crippen LogP contribution in [0.25, 0.3) is 0 Å². The minimum atomic E-state index is -0.348. The van der Waals surface area contributed by atoms with Gasteiger partial charge in [-0.2, -0.15) is 5.10 Å². The van der Waals surface area contributed by atoms with Gasteiger partial charge in [0.25, 0.3) is 0 Å². The second-order valence-electron chi connectivity index (χ2n) is 5.47. The van der Waals surface area contributed by atoms with Crippen molar-refractivity contribution in [3.8, 4) is 0 Å². The fraction of sp³-hybridized carbons (Fsp3) is 0.375. The zero-order valence-corrected chi connectivity index (χ0v) is 11.7. The molecule has 1 saturated carbocycles. The number of hydrogen-bond acceptors (Lipinski definition) is 3. The molecule has 1 aliphatic carbocycles. The first kappa shape index (κ1) is 12.9. The van der Waals surface area contributed by atoms with E-state index in [2.05, 4.69) is 12.0 Å².